The molecule has 0 unspecified atom stereocenters. The highest BCUT2D eigenvalue weighted by atomic mass is 19.1. The maximum Gasteiger partial charge on any atom is 0.345 e. The van der Waals surface area contributed by atoms with E-state index in [1.165, 1.54) is 31.4 Å². The minimum Gasteiger partial charge on any atom is -0.497 e. The smallest absolute Gasteiger partial charge is 0.345 e. The van der Waals surface area contributed by atoms with E-state index in [0.29, 0.717) is 22.8 Å². The Morgan fingerprint density at radius 2 is 1.79 bits per heavy atom. The van der Waals surface area contributed by atoms with Crippen molar-refractivity contribution in [2.45, 2.75) is 6.92 Å². The second kappa shape index (κ2) is 6.54. The molecule has 0 aliphatic carbocycles. The minimum absolute atomic E-state index is 0.287. The molecule has 24 heavy (non-hydrogen) atoms. The molecule has 0 bridgehead atoms. The van der Waals surface area contributed by atoms with Crippen LogP contribution in [0.1, 0.15) is 12.5 Å². The molecule has 0 saturated heterocycles. The van der Waals surface area contributed by atoms with Crippen LogP contribution in [0.2, 0.25) is 0 Å². The van der Waals surface area contributed by atoms with Crippen LogP contribution < -0.4 is 15.2 Å². The van der Waals surface area contributed by atoms with E-state index in [9.17, 15) is 9.18 Å². The third-order valence-electron chi connectivity index (χ3n) is 3.43. The number of benzene rings is 2. The molecule has 3 aromatic rings. The van der Waals surface area contributed by atoms with E-state index in [1.807, 2.05) is 0 Å². The van der Waals surface area contributed by atoms with Crippen molar-refractivity contribution in [2.24, 2.45) is 5.16 Å². The van der Waals surface area contributed by atoms with Crippen LogP contribution in [0, 0.1) is 5.82 Å². The second-order valence-electron chi connectivity index (χ2n) is 5.07. The third-order valence-corrected chi connectivity index (χ3v) is 3.43. The van der Waals surface area contributed by atoms with Crippen molar-refractivity contribution in [3.8, 4) is 11.5 Å². The molecule has 0 N–H and O–H groups in total. The van der Waals surface area contributed by atoms with E-state index in [0.717, 1.165) is 5.39 Å². The Hall–Kier alpha value is -3.15. The van der Waals surface area contributed by atoms with Crippen LogP contribution in [0.3, 0.4) is 0 Å². The minimum atomic E-state index is -0.528. The Kier molecular flexibility index (Phi) is 4.29. The predicted octanol–water partition coefficient (Wildman–Crippen LogP) is 3.74. The van der Waals surface area contributed by atoms with Gasteiger partial charge in [0.1, 0.15) is 17.1 Å². The van der Waals surface area contributed by atoms with Crippen LogP contribution in [-0.4, -0.2) is 12.8 Å². The lowest BCUT2D eigenvalue weighted by atomic mass is 10.1. The molecule has 0 atom stereocenters. The van der Waals surface area contributed by atoms with Crippen LogP contribution in [0.25, 0.3) is 11.0 Å². The zero-order valence-corrected chi connectivity index (χ0v) is 13.1. The van der Waals surface area contributed by atoms with E-state index < -0.39 is 5.63 Å². The number of hydrogen-bond donors (Lipinski definition) is 0. The number of methoxy groups -OCH3 is 1. The van der Waals surface area contributed by atoms with Gasteiger partial charge in [0.2, 0.25) is 0 Å². The zero-order valence-electron chi connectivity index (χ0n) is 13.1. The molecular formula is C18H14FNO4. The summed E-state index contributed by atoms with van der Waals surface area (Å²) in [6, 6.07) is 12.3. The van der Waals surface area contributed by atoms with Crippen molar-refractivity contribution >= 4 is 16.7 Å². The summed E-state index contributed by atoms with van der Waals surface area (Å²) >= 11 is 0. The Balaban J connectivity index is 1.92. The molecule has 2 aromatic carbocycles. The molecule has 0 radical (unpaired) electrons. The van der Waals surface area contributed by atoms with Crippen molar-refractivity contribution < 1.29 is 18.4 Å². The quantitative estimate of drug-likeness (QED) is 0.416. The van der Waals surface area contributed by atoms with Crippen molar-refractivity contribution in [1.29, 1.82) is 0 Å². The average molecular weight is 327 g/mol. The Morgan fingerprint density at radius 3 is 2.50 bits per heavy atom. The van der Waals surface area contributed by atoms with Crippen LogP contribution in [0.4, 0.5) is 4.39 Å². The lowest BCUT2D eigenvalue weighted by Crippen LogP contribution is -2.13. The summed E-state index contributed by atoms with van der Waals surface area (Å²) < 4.78 is 23.3. The topological polar surface area (TPSA) is 61.0 Å². The maximum atomic E-state index is 12.9. The molecule has 1 aromatic heterocycles. The van der Waals surface area contributed by atoms with Crippen molar-refractivity contribution in [3.63, 3.8) is 0 Å². The van der Waals surface area contributed by atoms with Crippen LogP contribution in [0.5, 0.6) is 11.5 Å². The second-order valence-corrected chi connectivity index (χ2v) is 5.07. The highest BCUT2D eigenvalue weighted by Gasteiger charge is 2.10. The largest absolute Gasteiger partial charge is 0.497 e. The van der Waals surface area contributed by atoms with Gasteiger partial charge < -0.3 is 14.0 Å². The molecule has 0 amide bonds. The van der Waals surface area contributed by atoms with Gasteiger partial charge in [-0.15, -0.1) is 0 Å². The SMILES string of the molecule is COc1ccc2cc(/C(C)=N/Oc3ccc(F)cc3)c(=O)oc2c1. The lowest BCUT2D eigenvalue weighted by molar-refractivity contribution is 0.340. The highest BCUT2D eigenvalue weighted by Crippen LogP contribution is 2.20. The number of halogens is 1. The van der Waals surface area contributed by atoms with Gasteiger partial charge >= 0.3 is 5.63 Å². The van der Waals surface area contributed by atoms with Crippen LogP contribution >= 0.6 is 0 Å². The Labute approximate surface area is 136 Å². The number of rotatable bonds is 4. The van der Waals surface area contributed by atoms with E-state index in [1.54, 1.807) is 31.2 Å². The normalized spacial score (nSPS) is 11.5. The van der Waals surface area contributed by atoms with Gasteiger partial charge in [-0.1, -0.05) is 5.16 Å². The fraction of sp³-hybridized carbons (Fsp3) is 0.111. The first kappa shape index (κ1) is 15.7. The third kappa shape index (κ3) is 3.27. The first-order valence-corrected chi connectivity index (χ1v) is 7.16. The van der Waals surface area contributed by atoms with Gasteiger partial charge in [0.05, 0.1) is 18.4 Å². The van der Waals surface area contributed by atoms with E-state index in [2.05, 4.69) is 5.16 Å². The van der Waals surface area contributed by atoms with Gasteiger partial charge in [-0.2, -0.15) is 0 Å². The monoisotopic (exact) mass is 327 g/mol. The lowest BCUT2D eigenvalue weighted by Gasteiger charge is -2.04. The summed E-state index contributed by atoms with van der Waals surface area (Å²) in [5, 5.41) is 4.64. The molecule has 0 aliphatic heterocycles. The maximum absolute atomic E-state index is 12.9. The van der Waals surface area contributed by atoms with Crippen molar-refractivity contribution in [1.82, 2.24) is 0 Å². The molecule has 122 valence electrons. The van der Waals surface area contributed by atoms with E-state index in [4.69, 9.17) is 14.0 Å². The van der Waals surface area contributed by atoms with Gasteiger partial charge in [-0.05, 0) is 49.4 Å². The first-order valence-electron chi connectivity index (χ1n) is 7.16. The number of ether oxygens (including phenoxy) is 1. The summed E-state index contributed by atoms with van der Waals surface area (Å²) in [4.78, 5) is 17.3. The van der Waals surface area contributed by atoms with E-state index in [-0.39, 0.29) is 11.4 Å². The van der Waals surface area contributed by atoms with Gasteiger partial charge in [0.25, 0.3) is 0 Å². The zero-order chi connectivity index (χ0) is 17.1. The molecule has 0 aliphatic rings. The summed E-state index contributed by atoms with van der Waals surface area (Å²) in [6.45, 7) is 1.63. The van der Waals surface area contributed by atoms with Gasteiger partial charge in [-0.25, -0.2) is 9.18 Å². The standard InChI is InChI=1S/C18H14FNO4/c1-11(20-24-14-7-4-13(19)5-8-14)16-9-12-3-6-15(22-2)10-17(12)23-18(16)21/h3-10H,1-2H3/b20-11+. The molecule has 0 spiro atoms. The number of nitrogens with zero attached hydrogens (tertiary/aromatic N) is 1. The van der Waals surface area contributed by atoms with Crippen molar-refractivity contribution in [3.05, 3.63) is 70.3 Å². The van der Waals surface area contributed by atoms with Gasteiger partial charge in [-0.3, -0.25) is 0 Å². The summed E-state index contributed by atoms with van der Waals surface area (Å²) in [5.74, 6) is 0.600. The molecule has 1 heterocycles. The van der Waals surface area contributed by atoms with E-state index >= 15 is 0 Å². The molecule has 5 nitrogen and oxygen atoms in total. The number of fused-ring (bicyclic) bond motifs is 1. The highest BCUT2D eigenvalue weighted by molar-refractivity contribution is 6.00. The van der Waals surface area contributed by atoms with Crippen LogP contribution in [-0.2, 0) is 0 Å². The van der Waals surface area contributed by atoms with Gasteiger partial charge in [0, 0.05) is 11.5 Å². The molecule has 6 heteroatoms. The van der Waals surface area contributed by atoms with Crippen LogP contribution in [0.15, 0.2) is 62.9 Å². The molecule has 0 saturated carbocycles. The molecule has 3 rings (SSSR count). The summed E-state index contributed by atoms with van der Waals surface area (Å²) in [6.07, 6.45) is 0. The van der Waals surface area contributed by atoms with Gasteiger partial charge in [0.15, 0.2) is 5.75 Å². The molecule has 0 fully saturated rings. The van der Waals surface area contributed by atoms with Crippen molar-refractivity contribution in [2.75, 3.05) is 7.11 Å². The molecular weight excluding hydrogens is 313 g/mol. The first-order chi connectivity index (χ1) is 11.6. The summed E-state index contributed by atoms with van der Waals surface area (Å²) in [7, 11) is 1.54. The number of hydrogen-bond acceptors (Lipinski definition) is 5. The summed E-state index contributed by atoms with van der Waals surface area (Å²) in [5.41, 5.74) is 0.538. The fourth-order valence-electron chi connectivity index (χ4n) is 2.14. The predicted molar refractivity (Wildman–Crippen MR) is 88.3 cm³/mol. The fourth-order valence-corrected chi connectivity index (χ4v) is 2.14. The number of oxime groups is 1. The Morgan fingerprint density at radius 1 is 1.08 bits per heavy atom. The Bertz CT molecular complexity index is 961. The average Bonchev–Trinajstić information content (AvgIpc) is 2.59.